The Bertz CT molecular complexity index is 690. The van der Waals surface area contributed by atoms with Gasteiger partial charge in [0.15, 0.2) is 5.96 Å². The minimum atomic E-state index is 0. The van der Waals surface area contributed by atoms with Gasteiger partial charge in [-0.1, -0.05) is 31.9 Å². The van der Waals surface area contributed by atoms with Gasteiger partial charge in [0.2, 0.25) is 5.91 Å². The molecule has 1 aromatic carbocycles. The molecule has 1 saturated heterocycles. The summed E-state index contributed by atoms with van der Waals surface area (Å²) in [4.78, 5) is 19.3. The van der Waals surface area contributed by atoms with Crippen molar-refractivity contribution in [1.29, 1.82) is 0 Å². The number of hydrogen-bond donors (Lipinski definition) is 3. The Labute approximate surface area is 198 Å². The zero-order valence-electron chi connectivity index (χ0n) is 18.5. The van der Waals surface area contributed by atoms with Gasteiger partial charge in [0.1, 0.15) is 0 Å². The summed E-state index contributed by atoms with van der Waals surface area (Å²) in [5.41, 5.74) is 1.94. The molecule has 1 unspecified atom stereocenters. The molecule has 1 saturated carbocycles. The number of aliphatic imine (C=N–C) groups is 1. The van der Waals surface area contributed by atoms with Crippen molar-refractivity contribution in [2.75, 3.05) is 25.0 Å². The van der Waals surface area contributed by atoms with Crippen LogP contribution in [0, 0.1) is 0 Å². The second-order valence-electron chi connectivity index (χ2n) is 8.26. The quantitative estimate of drug-likeness (QED) is 0.271. The van der Waals surface area contributed by atoms with Crippen LogP contribution in [0.15, 0.2) is 29.3 Å². The third kappa shape index (κ3) is 7.72. The molecule has 3 N–H and O–H groups in total. The molecule has 168 valence electrons. The normalized spacial score (nSPS) is 20.1. The number of halogens is 1. The van der Waals surface area contributed by atoms with E-state index in [1.165, 1.54) is 38.6 Å². The molecule has 30 heavy (non-hydrogen) atoms. The van der Waals surface area contributed by atoms with Gasteiger partial charge < -0.3 is 16.0 Å². The maximum absolute atomic E-state index is 11.8. The summed E-state index contributed by atoms with van der Waals surface area (Å²) in [7, 11) is 0. The predicted molar refractivity (Wildman–Crippen MR) is 136 cm³/mol. The number of likely N-dealkylation sites (tertiary alicyclic amines) is 1. The van der Waals surface area contributed by atoms with Crippen molar-refractivity contribution in [2.24, 2.45) is 4.99 Å². The van der Waals surface area contributed by atoms with E-state index in [0.717, 1.165) is 42.8 Å². The predicted octanol–water partition coefficient (Wildman–Crippen LogP) is 4.12. The van der Waals surface area contributed by atoms with Gasteiger partial charge in [0.05, 0.1) is 6.54 Å². The fraction of sp³-hybridized carbons (Fsp3) is 0.652. The molecule has 1 aromatic rings. The molecule has 0 spiro atoms. The average Bonchev–Trinajstić information content (AvgIpc) is 3.38. The lowest BCUT2D eigenvalue weighted by molar-refractivity contribution is -0.116. The summed E-state index contributed by atoms with van der Waals surface area (Å²) in [6.45, 7) is 7.86. The summed E-state index contributed by atoms with van der Waals surface area (Å²) in [6, 6.07) is 9.24. The zero-order chi connectivity index (χ0) is 20.5. The molecule has 1 amide bonds. The third-order valence-electron chi connectivity index (χ3n) is 5.85. The van der Waals surface area contributed by atoms with Gasteiger partial charge in [0, 0.05) is 43.8 Å². The van der Waals surface area contributed by atoms with Crippen LogP contribution in [0.1, 0.15) is 64.4 Å². The lowest BCUT2D eigenvalue weighted by Gasteiger charge is -2.24. The molecule has 1 aliphatic heterocycles. The van der Waals surface area contributed by atoms with Crippen LogP contribution < -0.4 is 16.0 Å². The van der Waals surface area contributed by atoms with Crippen molar-refractivity contribution in [2.45, 2.75) is 77.4 Å². The molecule has 0 aromatic heterocycles. The van der Waals surface area contributed by atoms with Gasteiger partial charge in [-0.15, -0.1) is 24.0 Å². The Morgan fingerprint density at radius 3 is 2.73 bits per heavy atom. The molecule has 1 heterocycles. The van der Waals surface area contributed by atoms with Crippen molar-refractivity contribution >= 4 is 41.5 Å². The first-order valence-electron chi connectivity index (χ1n) is 11.4. The number of amides is 1. The minimum absolute atomic E-state index is 0. The standard InChI is InChI=1S/C23H37N5O.HI/c1-3-8-22(29)26-19-10-7-9-18(15-19)16-25-23(24-4-2)27-20-13-14-28(17-20)21-11-5-6-12-21;/h7,9-10,15,20-21H,3-6,8,11-14,16-17H2,1-2H3,(H,26,29)(H2,24,25,27);1H. The van der Waals surface area contributed by atoms with E-state index >= 15 is 0 Å². The summed E-state index contributed by atoms with van der Waals surface area (Å²) in [5, 5.41) is 9.97. The fourth-order valence-electron chi connectivity index (χ4n) is 4.39. The summed E-state index contributed by atoms with van der Waals surface area (Å²) >= 11 is 0. The Morgan fingerprint density at radius 1 is 1.20 bits per heavy atom. The van der Waals surface area contributed by atoms with E-state index in [4.69, 9.17) is 4.99 Å². The van der Waals surface area contributed by atoms with E-state index in [-0.39, 0.29) is 29.9 Å². The van der Waals surface area contributed by atoms with Gasteiger partial charge >= 0.3 is 0 Å². The summed E-state index contributed by atoms with van der Waals surface area (Å²) < 4.78 is 0. The maximum Gasteiger partial charge on any atom is 0.224 e. The van der Waals surface area contributed by atoms with Crippen molar-refractivity contribution < 1.29 is 4.79 Å². The number of nitrogens with one attached hydrogen (secondary N) is 3. The highest BCUT2D eigenvalue weighted by Gasteiger charge is 2.30. The van der Waals surface area contributed by atoms with E-state index in [1.54, 1.807) is 0 Å². The van der Waals surface area contributed by atoms with Crippen LogP contribution in [-0.4, -0.2) is 48.5 Å². The van der Waals surface area contributed by atoms with Gasteiger partial charge in [-0.25, -0.2) is 4.99 Å². The first kappa shape index (κ1) is 24.9. The highest BCUT2D eigenvalue weighted by atomic mass is 127. The van der Waals surface area contributed by atoms with E-state index in [0.29, 0.717) is 19.0 Å². The highest BCUT2D eigenvalue weighted by molar-refractivity contribution is 14.0. The Kier molecular flexibility index (Phi) is 10.9. The average molecular weight is 527 g/mol. The molecule has 2 aliphatic rings. The smallest absolute Gasteiger partial charge is 0.224 e. The van der Waals surface area contributed by atoms with E-state index in [1.807, 2.05) is 25.1 Å². The minimum Gasteiger partial charge on any atom is -0.357 e. The molecule has 2 fully saturated rings. The van der Waals surface area contributed by atoms with Gasteiger partial charge in [0.25, 0.3) is 0 Å². The number of benzene rings is 1. The fourth-order valence-corrected chi connectivity index (χ4v) is 4.39. The number of hydrogen-bond acceptors (Lipinski definition) is 3. The third-order valence-corrected chi connectivity index (χ3v) is 5.85. The van der Waals surface area contributed by atoms with Crippen LogP contribution in [0.2, 0.25) is 0 Å². The number of carbonyl (C=O) groups is 1. The largest absolute Gasteiger partial charge is 0.357 e. The molecule has 1 aliphatic carbocycles. The lowest BCUT2D eigenvalue weighted by Crippen LogP contribution is -2.45. The van der Waals surface area contributed by atoms with E-state index in [2.05, 4.69) is 33.8 Å². The van der Waals surface area contributed by atoms with E-state index < -0.39 is 0 Å². The van der Waals surface area contributed by atoms with Crippen molar-refractivity contribution in [3.8, 4) is 0 Å². The van der Waals surface area contributed by atoms with Crippen LogP contribution >= 0.6 is 24.0 Å². The SMILES string of the molecule is CCCC(=O)Nc1cccc(CN=C(NCC)NC2CCN(C3CCCC3)C2)c1.I. The number of nitrogens with zero attached hydrogens (tertiary/aromatic N) is 2. The van der Waals surface area contributed by atoms with Crippen LogP contribution in [-0.2, 0) is 11.3 Å². The monoisotopic (exact) mass is 527 g/mol. The van der Waals surface area contributed by atoms with Crippen molar-refractivity contribution in [3.63, 3.8) is 0 Å². The number of anilines is 1. The lowest BCUT2D eigenvalue weighted by atomic mass is 10.2. The van der Waals surface area contributed by atoms with Crippen molar-refractivity contribution in [1.82, 2.24) is 15.5 Å². The zero-order valence-corrected chi connectivity index (χ0v) is 20.8. The maximum atomic E-state index is 11.8. The number of rotatable bonds is 8. The topological polar surface area (TPSA) is 68.8 Å². The highest BCUT2D eigenvalue weighted by Crippen LogP contribution is 2.26. The molecule has 0 radical (unpaired) electrons. The van der Waals surface area contributed by atoms with Gasteiger partial charge in [-0.2, -0.15) is 0 Å². The molecule has 3 rings (SSSR count). The first-order chi connectivity index (χ1) is 14.2. The summed E-state index contributed by atoms with van der Waals surface area (Å²) in [5.74, 6) is 0.947. The Balaban J connectivity index is 0.00000320. The molecule has 6 nitrogen and oxygen atoms in total. The van der Waals surface area contributed by atoms with Gasteiger partial charge in [-0.3, -0.25) is 9.69 Å². The van der Waals surface area contributed by atoms with Gasteiger partial charge in [-0.05, 0) is 50.3 Å². The summed E-state index contributed by atoms with van der Waals surface area (Å²) in [6.07, 6.45) is 8.10. The second-order valence-corrected chi connectivity index (χ2v) is 8.26. The van der Waals surface area contributed by atoms with Crippen LogP contribution in [0.5, 0.6) is 0 Å². The number of guanidine groups is 1. The Morgan fingerprint density at radius 2 is 2.00 bits per heavy atom. The van der Waals surface area contributed by atoms with Crippen LogP contribution in [0.4, 0.5) is 5.69 Å². The molecule has 0 bridgehead atoms. The van der Waals surface area contributed by atoms with E-state index in [9.17, 15) is 4.79 Å². The second kappa shape index (κ2) is 13.1. The Hall–Kier alpha value is -1.35. The van der Waals surface area contributed by atoms with Crippen molar-refractivity contribution in [3.05, 3.63) is 29.8 Å². The molecule has 1 atom stereocenters. The first-order valence-corrected chi connectivity index (χ1v) is 11.4. The number of carbonyl (C=O) groups excluding carboxylic acids is 1. The van der Waals surface area contributed by atoms with Crippen LogP contribution in [0.3, 0.4) is 0 Å². The molecular weight excluding hydrogens is 489 g/mol. The molecular formula is C23H38IN5O. The molecule has 7 heteroatoms. The van der Waals surface area contributed by atoms with Crippen LogP contribution in [0.25, 0.3) is 0 Å².